The van der Waals surface area contributed by atoms with Crippen molar-refractivity contribution in [1.82, 2.24) is 19.6 Å². The van der Waals surface area contributed by atoms with Crippen LogP contribution in [0.5, 0.6) is 5.75 Å². The SMILES string of the molecule is O=S1(=O)C(F)=Cc2cc(-c3cnc(NCc4c(F)ccc5c4[C@H]4C[C@H]4O5)n4cnnc34)ccc21. The fourth-order valence-corrected chi connectivity index (χ4v) is 5.94. The molecule has 7 rings (SSSR count). The Balaban J connectivity index is 1.24. The normalized spacial score (nSPS) is 20.9. The van der Waals surface area contributed by atoms with Gasteiger partial charge in [-0.3, -0.25) is 4.40 Å². The number of hydrogen-bond acceptors (Lipinski definition) is 7. The quantitative estimate of drug-likeness (QED) is 0.475. The summed E-state index contributed by atoms with van der Waals surface area (Å²) in [5.74, 6) is 1.10. The maximum absolute atomic E-state index is 14.6. The number of halogens is 2. The maximum Gasteiger partial charge on any atom is 0.233 e. The van der Waals surface area contributed by atoms with Crippen molar-refractivity contribution < 1.29 is 21.9 Å². The highest BCUT2D eigenvalue weighted by atomic mass is 32.2. The van der Waals surface area contributed by atoms with E-state index in [9.17, 15) is 17.2 Å². The van der Waals surface area contributed by atoms with Crippen molar-refractivity contribution in [3.63, 3.8) is 0 Å². The molecule has 4 heterocycles. The minimum atomic E-state index is -4.07. The first-order chi connectivity index (χ1) is 16.4. The van der Waals surface area contributed by atoms with E-state index < -0.39 is 15.0 Å². The lowest BCUT2D eigenvalue weighted by Crippen LogP contribution is -2.10. The monoisotopic (exact) mass is 479 g/mol. The molecule has 1 N–H and O–H groups in total. The first kappa shape index (κ1) is 19.6. The van der Waals surface area contributed by atoms with Crippen LogP contribution in [0.15, 0.2) is 52.9 Å². The van der Waals surface area contributed by atoms with Gasteiger partial charge in [0.25, 0.3) is 0 Å². The number of sulfone groups is 1. The summed E-state index contributed by atoms with van der Waals surface area (Å²) in [4.78, 5) is 4.40. The molecule has 0 unspecified atom stereocenters. The van der Waals surface area contributed by atoms with E-state index in [2.05, 4.69) is 20.5 Å². The summed E-state index contributed by atoms with van der Waals surface area (Å²) < 4.78 is 60.0. The molecule has 34 heavy (non-hydrogen) atoms. The van der Waals surface area contributed by atoms with Gasteiger partial charge in [-0.1, -0.05) is 6.07 Å². The highest BCUT2D eigenvalue weighted by Gasteiger charge is 2.49. The van der Waals surface area contributed by atoms with Gasteiger partial charge in [-0.2, -0.15) is 4.39 Å². The Kier molecular flexibility index (Phi) is 3.80. The Morgan fingerprint density at radius 3 is 2.97 bits per heavy atom. The fraction of sp³-hybridized carbons (Fsp3) is 0.174. The molecule has 1 aliphatic carbocycles. The van der Waals surface area contributed by atoms with Crippen molar-refractivity contribution >= 4 is 27.5 Å². The van der Waals surface area contributed by atoms with Gasteiger partial charge in [-0.25, -0.2) is 17.8 Å². The molecule has 2 aromatic heterocycles. The Morgan fingerprint density at radius 1 is 1.21 bits per heavy atom. The second kappa shape index (κ2) is 6.60. The molecule has 0 radical (unpaired) electrons. The summed E-state index contributed by atoms with van der Waals surface area (Å²) in [6.07, 6.45) is 5.12. The number of ether oxygens (including phenoxy) is 1. The molecule has 0 bridgehead atoms. The number of nitrogens with one attached hydrogen (secondary N) is 1. The zero-order valence-corrected chi connectivity index (χ0v) is 18.2. The van der Waals surface area contributed by atoms with E-state index in [0.29, 0.717) is 28.3 Å². The highest BCUT2D eigenvalue weighted by Crippen LogP contribution is 2.55. The summed E-state index contributed by atoms with van der Waals surface area (Å²) in [6.45, 7) is 0.210. The minimum absolute atomic E-state index is 0.0724. The Hall–Kier alpha value is -3.86. The smallest absolute Gasteiger partial charge is 0.233 e. The molecule has 170 valence electrons. The second-order valence-electron chi connectivity index (χ2n) is 8.51. The van der Waals surface area contributed by atoms with Crippen LogP contribution >= 0.6 is 0 Å². The molecule has 1 fully saturated rings. The number of rotatable bonds is 4. The number of aromatic nitrogens is 4. The number of fused-ring (bicyclic) bond motifs is 5. The average Bonchev–Trinajstić information content (AvgIpc) is 3.14. The Morgan fingerprint density at radius 2 is 2.09 bits per heavy atom. The van der Waals surface area contributed by atoms with Crippen molar-refractivity contribution in [2.24, 2.45) is 0 Å². The number of nitrogens with zero attached hydrogens (tertiary/aromatic N) is 4. The summed E-state index contributed by atoms with van der Waals surface area (Å²) in [6, 6.07) is 7.61. The van der Waals surface area contributed by atoms with Gasteiger partial charge >= 0.3 is 0 Å². The molecule has 3 aliphatic rings. The first-order valence-electron chi connectivity index (χ1n) is 10.6. The van der Waals surface area contributed by atoms with E-state index in [1.165, 1.54) is 18.5 Å². The van der Waals surface area contributed by atoms with Crippen molar-refractivity contribution in [3.8, 4) is 16.9 Å². The topological polar surface area (TPSA) is 98.5 Å². The molecule has 8 nitrogen and oxygen atoms in total. The van der Waals surface area contributed by atoms with Gasteiger partial charge in [0.15, 0.2) is 5.65 Å². The van der Waals surface area contributed by atoms with Crippen molar-refractivity contribution in [2.45, 2.75) is 29.9 Å². The number of anilines is 1. The molecular formula is C23H15F2N5O3S. The largest absolute Gasteiger partial charge is 0.489 e. The van der Waals surface area contributed by atoms with Crippen molar-refractivity contribution in [1.29, 1.82) is 0 Å². The lowest BCUT2D eigenvalue weighted by atomic mass is 10.0. The minimum Gasteiger partial charge on any atom is -0.489 e. The van der Waals surface area contributed by atoms with Crippen LogP contribution in [-0.2, 0) is 16.4 Å². The molecule has 4 aromatic rings. The third-order valence-corrected chi connectivity index (χ3v) is 8.12. The molecule has 0 saturated heterocycles. The second-order valence-corrected chi connectivity index (χ2v) is 10.4. The van der Waals surface area contributed by atoms with E-state index in [1.54, 1.807) is 28.8 Å². The standard InChI is InChI=1S/C23H15F2N5O3S/c24-16-2-3-17-21(13-7-18(13)33-17)15(16)9-27-23-26-8-14(22-29-28-10-30(22)23)11-1-4-19-12(5-11)6-20(25)34(19,31)32/h1-6,8,10,13,18H,7,9H2,(H,26,27)/t13-,18+/m0/s1. The van der Waals surface area contributed by atoms with Gasteiger partial charge in [-0.15, -0.1) is 10.2 Å². The summed E-state index contributed by atoms with van der Waals surface area (Å²) >= 11 is 0. The van der Waals surface area contributed by atoms with Gasteiger partial charge in [0.05, 0.1) is 4.90 Å². The molecule has 11 heteroatoms. The van der Waals surface area contributed by atoms with Crippen LogP contribution in [0.2, 0.25) is 0 Å². The molecule has 0 amide bonds. The predicted octanol–water partition coefficient (Wildman–Crippen LogP) is 3.85. The Labute approximate surface area is 191 Å². The molecule has 1 saturated carbocycles. The average molecular weight is 479 g/mol. The van der Waals surface area contributed by atoms with Crippen LogP contribution in [-0.4, -0.2) is 34.1 Å². The third kappa shape index (κ3) is 2.67. The molecule has 2 atom stereocenters. The zero-order chi connectivity index (χ0) is 23.2. The van der Waals surface area contributed by atoms with Crippen LogP contribution in [0, 0.1) is 5.82 Å². The summed E-state index contributed by atoms with van der Waals surface area (Å²) in [5.41, 5.74) is 3.41. The van der Waals surface area contributed by atoms with E-state index in [1.807, 2.05) is 0 Å². The van der Waals surface area contributed by atoms with Gasteiger partial charge in [-0.05, 0) is 47.9 Å². The fourth-order valence-electron chi connectivity index (χ4n) is 4.77. The molecule has 2 aromatic carbocycles. The van der Waals surface area contributed by atoms with E-state index in [4.69, 9.17) is 4.74 Å². The third-order valence-electron chi connectivity index (χ3n) is 6.53. The van der Waals surface area contributed by atoms with E-state index in [0.717, 1.165) is 23.8 Å². The van der Waals surface area contributed by atoms with Crippen molar-refractivity contribution in [2.75, 3.05) is 5.32 Å². The van der Waals surface area contributed by atoms with Gasteiger partial charge in [0, 0.05) is 35.3 Å². The molecular weight excluding hydrogens is 464 g/mol. The number of hydrogen-bond donors (Lipinski definition) is 1. The van der Waals surface area contributed by atoms with Crippen LogP contribution in [0.25, 0.3) is 22.9 Å². The molecule has 0 spiro atoms. The Bertz CT molecular complexity index is 1680. The van der Waals surface area contributed by atoms with E-state index in [-0.39, 0.29) is 34.8 Å². The van der Waals surface area contributed by atoms with Crippen LogP contribution < -0.4 is 10.1 Å². The number of benzene rings is 2. The van der Waals surface area contributed by atoms with Crippen LogP contribution in [0.3, 0.4) is 0 Å². The molecule has 2 aliphatic heterocycles. The van der Waals surface area contributed by atoms with Crippen molar-refractivity contribution in [3.05, 3.63) is 70.5 Å². The predicted molar refractivity (Wildman–Crippen MR) is 118 cm³/mol. The lowest BCUT2D eigenvalue weighted by Gasteiger charge is -2.14. The summed E-state index contributed by atoms with van der Waals surface area (Å²) in [7, 11) is -4.07. The summed E-state index contributed by atoms with van der Waals surface area (Å²) in [5, 5.41) is 10.1. The van der Waals surface area contributed by atoms with Gasteiger partial charge in [0.2, 0.25) is 20.9 Å². The van der Waals surface area contributed by atoms with E-state index >= 15 is 0 Å². The first-order valence-corrected chi connectivity index (χ1v) is 12.1. The van der Waals surface area contributed by atoms with Crippen LogP contribution in [0.4, 0.5) is 14.7 Å². The van der Waals surface area contributed by atoms with Gasteiger partial charge < -0.3 is 10.1 Å². The van der Waals surface area contributed by atoms with Gasteiger partial charge in [0.1, 0.15) is 24.0 Å². The zero-order valence-electron chi connectivity index (χ0n) is 17.4. The highest BCUT2D eigenvalue weighted by molar-refractivity contribution is 7.95. The maximum atomic E-state index is 14.6. The lowest BCUT2D eigenvalue weighted by molar-refractivity contribution is 0.318. The van der Waals surface area contributed by atoms with Crippen LogP contribution in [0.1, 0.15) is 29.0 Å².